The molecule has 0 spiro atoms. The molecule has 0 unspecified atom stereocenters. The second-order valence-electron chi connectivity index (χ2n) is 6.05. The van der Waals surface area contributed by atoms with Crippen LogP contribution < -0.4 is 5.73 Å². The van der Waals surface area contributed by atoms with Crippen LogP contribution >= 0.6 is 11.3 Å². The van der Waals surface area contributed by atoms with Gasteiger partial charge in [0.05, 0.1) is 9.77 Å². The fourth-order valence-electron chi connectivity index (χ4n) is 3.03. The van der Waals surface area contributed by atoms with E-state index in [1.54, 1.807) is 0 Å². The molecule has 0 bridgehead atoms. The van der Waals surface area contributed by atoms with Crippen LogP contribution in [0.4, 0.5) is 0 Å². The molecule has 1 saturated heterocycles. The highest BCUT2D eigenvalue weighted by Gasteiger charge is 2.30. The van der Waals surface area contributed by atoms with Crippen molar-refractivity contribution in [2.45, 2.75) is 24.2 Å². The van der Waals surface area contributed by atoms with E-state index in [-0.39, 0.29) is 9.77 Å². The number of carbonyl (C=O) groups excluding carboxylic acids is 1. The molecule has 0 radical (unpaired) electrons. The average molecular weight is 364 g/mol. The first kappa shape index (κ1) is 17.1. The van der Waals surface area contributed by atoms with Crippen LogP contribution in [0.3, 0.4) is 0 Å². The van der Waals surface area contributed by atoms with E-state index in [0.717, 1.165) is 30.6 Å². The summed E-state index contributed by atoms with van der Waals surface area (Å²) in [7, 11) is -3.54. The van der Waals surface area contributed by atoms with Crippen LogP contribution in [-0.2, 0) is 16.4 Å². The van der Waals surface area contributed by atoms with Crippen molar-refractivity contribution in [2.24, 2.45) is 11.7 Å². The lowest BCUT2D eigenvalue weighted by molar-refractivity contribution is 0.100. The summed E-state index contributed by atoms with van der Waals surface area (Å²) < 4.78 is 26.9. The van der Waals surface area contributed by atoms with Crippen molar-refractivity contribution >= 4 is 27.3 Å². The highest BCUT2D eigenvalue weighted by atomic mass is 32.2. The van der Waals surface area contributed by atoms with Crippen molar-refractivity contribution in [3.8, 4) is 0 Å². The maximum Gasteiger partial charge on any atom is 0.258 e. The van der Waals surface area contributed by atoms with E-state index in [9.17, 15) is 13.2 Å². The quantitative estimate of drug-likeness (QED) is 0.885. The molecule has 2 heterocycles. The van der Waals surface area contributed by atoms with E-state index < -0.39 is 15.9 Å². The van der Waals surface area contributed by atoms with Crippen LogP contribution in [-0.4, -0.2) is 31.7 Å². The van der Waals surface area contributed by atoms with Gasteiger partial charge in [0.1, 0.15) is 0 Å². The maximum atomic E-state index is 12.7. The lowest BCUT2D eigenvalue weighted by atomic mass is 9.91. The monoisotopic (exact) mass is 364 g/mol. The minimum absolute atomic E-state index is 0.169. The molecule has 7 heteroatoms. The lowest BCUT2D eigenvalue weighted by Gasteiger charge is -2.31. The number of primary amides is 1. The first-order valence-corrected chi connectivity index (χ1v) is 10.2. The van der Waals surface area contributed by atoms with Crippen molar-refractivity contribution in [1.82, 2.24) is 4.31 Å². The zero-order valence-electron chi connectivity index (χ0n) is 13.2. The Kier molecular flexibility index (Phi) is 5.03. The SMILES string of the molecule is NC(=O)c1cc(S(=O)(=O)N2CCC(Cc3ccccc3)CC2)cs1. The zero-order valence-corrected chi connectivity index (χ0v) is 14.9. The molecule has 1 amide bonds. The first-order chi connectivity index (χ1) is 11.5. The molecular weight excluding hydrogens is 344 g/mol. The molecule has 3 rings (SSSR count). The number of hydrogen-bond donors (Lipinski definition) is 1. The van der Waals surface area contributed by atoms with E-state index in [4.69, 9.17) is 5.73 Å². The number of amides is 1. The number of carbonyl (C=O) groups is 1. The van der Waals surface area contributed by atoms with Gasteiger partial charge < -0.3 is 5.73 Å². The Labute approximate surface area is 146 Å². The molecular formula is C17H20N2O3S2. The van der Waals surface area contributed by atoms with Gasteiger partial charge in [-0.2, -0.15) is 4.31 Å². The van der Waals surface area contributed by atoms with Crippen molar-refractivity contribution in [3.63, 3.8) is 0 Å². The Balaban J connectivity index is 1.63. The topological polar surface area (TPSA) is 80.5 Å². The van der Waals surface area contributed by atoms with Crippen LogP contribution in [0.15, 0.2) is 46.7 Å². The van der Waals surface area contributed by atoms with Crippen molar-refractivity contribution in [1.29, 1.82) is 0 Å². The van der Waals surface area contributed by atoms with Crippen LogP contribution in [0, 0.1) is 5.92 Å². The highest BCUT2D eigenvalue weighted by Crippen LogP contribution is 2.28. The predicted molar refractivity (Wildman–Crippen MR) is 94.5 cm³/mol. The van der Waals surface area contributed by atoms with Crippen molar-refractivity contribution < 1.29 is 13.2 Å². The van der Waals surface area contributed by atoms with Gasteiger partial charge in [0.25, 0.3) is 5.91 Å². The number of rotatable bonds is 5. The molecule has 24 heavy (non-hydrogen) atoms. The maximum absolute atomic E-state index is 12.7. The fraction of sp³-hybridized carbons (Fsp3) is 0.353. The Morgan fingerprint density at radius 3 is 2.46 bits per heavy atom. The summed E-state index contributed by atoms with van der Waals surface area (Å²) in [6.45, 7) is 1.03. The number of sulfonamides is 1. The van der Waals surface area contributed by atoms with E-state index >= 15 is 0 Å². The zero-order chi connectivity index (χ0) is 17.2. The summed E-state index contributed by atoms with van der Waals surface area (Å²) in [6.07, 6.45) is 2.68. The Hall–Kier alpha value is -1.70. The average Bonchev–Trinajstić information content (AvgIpc) is 3.07. The summed E-state index contributed by atoms with van der Waals surface area (Å²) in [4.78, 5) is 11.6. The number of nitrogens with two attached hydrogens (primary N) is 1. The second-order valence-corrected chi connectivity index (χ2v) is 8.90. The molecule has 128 valence electrons. The van der Waals surface area contributed by atoms with E-state index in [1.165, 1.54) is 21.3 Å². The highest BCUT2D eigenvalue weighted by molar-refractivity contribution is 7.89. The molecule has 5 nitrogen and oxygen atoms in total. The number of hydrogen-bond acceptors (Lipinski definition) is 4. The van der Waals surface area contributed by atoms with Gasteiger partial charge >= 0.3 is 0 Å². The third kappa shape index (κ3) is 3.68. The van der Waals surface area contributed by atoms with E-state index in [0.29, 0.717) is 19.0 Å². The van der Waals surface area contributed by atoms with Crippen LogP contribution in [0.1, 0.15) is 28.1 Å². The molecule has 2 aromatic rings. The molecule has 1 aromatic carbocycles. The summed E-state index contributed by atoms with van der Waals surface area (Å²) in [5.74, 6) is -0.0921. The molecule has 1 aliphatic heterocycles. The molecule has 1 fully saturated rings. The van der Waals surface area contributed by atoms with Gasteiger partial charge in [0, 0.05) is 18.5 Å². The van der Waals surface area contributed by atoms with Gasteiger partial charge in [0.2, 0.25) is 10.0 Å². The third-order valence-corrected chi connectivity index (χ3v) is 7.37. The molecule has 0 aliphatic carbocycles. The molecule has 1 aliphatic rings. The Morgan fingerprint density at radius 1 is 1.21 bits per heavy atom. The summed E-state index contributed by atoms with van der Waals surface area (Å²) in [6, 6.07) is 11.7. The molecule has 0 atom stereocenters. The Bertz CT molecular complexity index is 807. The summed E-state index contributed by atoms with van der Waals surface area (Å²) >= 11 is 1.07. The van der Waals surface area contributed by atoms with Crippen molar-refractivity contribution in [2.75, 3.05) is 13.1 Å². The summed E-state index contributed by atoms with van der Waals surface area (Å²) in [5, 5.41) is 1.49. The second kappa shape index (κ2) is 7.04. The van der Waals surface area contributed by atoms with Gasteiger partial charge in [0.15, 0.2) is 0 Å². The first-order valence-electron chi connectivity index (χ1n) is 7.89. The number of nitrogens with zero attached hydrogens (tertiary/aromatic N) is 1. The summed E-state index contributed by atoms with van der Waals surface area (Å²) in [5.41, 5.74) is 6.50. The lowest BCUT2D eigenvalue weighted by Crippen LogP contribution is -2.38. The molecule has 2 N–H and O–H groups in total. The van der Waals surface area contributed by atoms with Gasteiger partial charge in [-0.3, -0.25) is 4.79 Å². The van der Waals surface area contributed by atoms with Crippen LogP contribution in [0.25, 0.3) is 0 Å². The van der Waals surface area contributed by atoms with Gasteiger partial charge in [-0.25, -0.2) is 8.42 Å². The number of piperidine rings is 1. The van der Waals surface area contributed by atoms with E-state index in [1.807, 2.05) is 18.2 Å². The standard InChI is InChI=1S/C17H20N2O3S2/c18-17(20)16-11-15(12-23-16)24(21,22)19-8-6-14(7-9-19)10-13-4-2-1-3-5-13/h1-5,11-12,14H,6-10H2,(H2,18,20). The smallest absolute Gasteiger partial charge is 0.258 e. The van der Waals surface area contributed by atoms with Gasteiger partial charge in [-0.05, 0) is 36.8 Å². The fourth-order valence-corrected chi connectivity index (χ4v) is 5.62. The minimum atomic E-state index is -3.54. The van der Waals surface area contributed by atoms with Crippen LogP contribution in [0.2, 0.25) is 0 Å². The van der Waals surface area contributed by atoms with E-state index in [2.05, 4.69) is 12.1 Å². The predicted octanol–water partition coefficient (Wildman–Crippen LogP) is 2.49. The number of thiophene rings is 1. The molecule has 0 saturated carbocycles. The molecule has 1 aromatic heterocycles. The largest absolute Gasteiger partial charge is 0.365 e. The van der Waals surface area contributed by atoms with Crippen molar-refractivity contribution in [3.05, 3.63) is 52.2 Å². The normalized spacial score (nSPS) is 17.0. The van der Waals surface area contributed by atoms with Crippen LogP contribution in [0.5, 0.6) is 0 Å². The third-order valence-electron chi connectivity index (χ3n) is 4.40. The number of benzene rings is 1. The Morgan fingerprint density at radius 2 is 1.88 bits per heavy atom. The minimum Gasteiger partial charge on any atom is -0.365 e. The van der Waals surface area contributed by atoms with Gasteiger partial charge in [-0.15, -0.1) is 11.3 Å². The van der Waals surface area contributed by atoms with Gasteiger partial charge in [-0.1, -0.05) is 30.3 Å².